The van der Waals surface area contributed by atoms with E-state index in [0.29, 0.717) is 0 Å². The van der Waals surface area contributed by atoms with Crippen LogP contribution in [0.2, 0.25) is 0 Å². The van der Waals surface area contributed by atoms with Gasteiger partial charge >= 0.3 is 0 Å². The van der Waals surface area contributed by atoms with Crippen molar-refractivity contribution in [3.8, 4) is 5.69 Å². The molecule has 0 saturated carbocycles. The second-order valence-corrected chi connectivity index (χ2v) is 9.33. The zero-order chi connectivity index (χ0) is 22.1. The van der Waals surface area contributed by atoms with Crippen molar-refractivity contribution in [2.75, 3.05) is 5.32 Å². The van der Waals surface area contributed by atoms with Crippen LogP contribution >= 0.6 is 11.8 Å². The fraction of sp³-hybridized carbons (Fsp3) is 0.269. The lowest BCUT2D eigenvalue weighted by Crippen LogP contribution is -2.30. The van der Waals surface area contributed by atoms with Crippen molar-refractivity contribution in [1.29, 1.82) is 0 Å². The van der Waals surface area contributed by atoms with Gasteiger partial charge in [-0.1, -0.05) is 36.9 Å². The van der Waals surface area contributed by atoms with Gasteiger partial charge in [0.25, 0.3) is 5.91 Å². The smallest absolute Gasteiger partial charge is 0.260 e. The summed E-state index contributed by atoms with van der Waals surface area (Å²) in [6.45, 7) is 10.6. The van der Waals surface area contributed by atoms with Gasteiger partial charge in [-0.05, 0) is 92.8 Å². The lowest BCUT2D eigenvalue weighted by atomic mass is 10.1. The molecule has 1 saturated heterocycles. The average Bonchev–Trinajstić information content (AvgIpc) is 3.20. The highest BCUT2D eigenvalue weighted by Gasteiger charge is 2.27. The minimum absolute atomic E-state index is 0.0381. The second kappa shape index (κ2) is 8.67. The van der Waals surface area contributed by atoms with E-state index in [2.05, 4.69) is 98.4 Å². The monoisotopic (exact) mass is 431 g/mol. The van der Waals surface area contributed by atoms with Gasteiger partial charge in [0.2, 0.25) is 0 Å². The molecule has 2 aromatic carbocycles. The first-order valence-electron chi connectivity index (χ1n) is 10.7. The van der Waals surface area contributed by atoms with E-state index in [1.54, 1.807) is 0 Å². The quantitative estimate of drug-likeness (QED) is 0.497. The molecule has 0 aliphatic carbocycles. The molecule has 1 aliphatic rings. The Morgan fingerprint density at radius 3 is 2.35 bits per heavy atom. The molecule has 2 heterocycles. The number of anilines is 1. The number of aromatic nitrogens is 1. The first kappa shape index (κ1) is 21.3. The first-order chi connectivity index (χ1) is 14.8. The maximum absolute atomic E-state index is 12.6. The molecule has 160 valence electrons. The third kappa shape index (κ3) is 4.57. The third-order valence-corrected chi connectivity index (χ3v) is 6.64. The summed E-state index contributed by atoms with van der Waals surface area (Å²) in [6, 6.07) is 17.1. The average molecular weight is 432 g/mol. The molecular formula is C26H29N3OS. The van der Waals surface area contributed by atoms with Gasteiger partial charge in [0.05, 0.1) is 4.91 Å². The normalized spacial score (nSPS) is 17.3. The summed E-state index contributed by atoms with van der Waals surface area (Å²) in [6.07, 6.45) is 3.02. The number of hydrogen-bond donors (Lipinski definition) is 2. The van der Waals surface area contributed by atoms with Crippen LogP contribution in [-0.4, -0.2) is 16.0 Å². The van der Waals surface area contributed by atoms with Crippen molar-refractivity contribution < 1.29 is 4.79 Å². The molecule has 1 aromatic heterocycles. The van der Waals surface area contributed by atoms with Crippen molar-refractivity contribution in [2.45, 2.75) is 46.5 Å². The van der Waals surface area contributed by atoms with Crippen molar-refractivity contribution in [3.63, 3.8) is 0 Å². The number of rotatable bonds is 5. The number of thioether (sulfide) groups is 1. The number of hydrogen-bond acceptors (Lipinski definition) is 3. The fourth-order valence-electron chi connectivity index (χ4n) is 4.11. The van der Waals surface area contributed by atoms with Gasteiger partial charge in [0.1, 0.15) is 0 Å². The molecule has 0 unspecified atom stereocenters. The lowest BCUT2D eigenvalue weighted by Gasteiger charge is -2.13. The molecule has 31 heavy (non-hydrogen) atoms. The van der Waals surface area contributed by atoms with Crippen LogP contribution in [0.25, 0.3) is 11.8 Å². The minimum atomic E-state index is -0.172. The van der Waals surface area contributed by atoms with Gasteiger partial charge in [-0.15, -0.1) is 0 Å². The Morgan fingerprint density at radius 2 is 1.71 bits per heavy atom. The molecule has 0 spiro atoms. The number of aryl methyl sites for hydroxylation is 4. The highest BCUT2D eigenvalue weighted by atomic mass is 32.2. The summed E-state index contributed by atoms with van der Waals surface area (Å²) in [5.41, 5.74) is 9.14. The number of amides is 1. The Kier molecular flexibility index (Phi) is 5.96. The van der Waals surface area contributed by atoms with E-state index in [9.17, 15) is 4.79 Å². The standard InChI is InChI=1S/C26H29N3OS/c1-6-20-7-9-22(10-8-20)27-26-28-25(30)24(31-26)15-21-14-18(4)29(19(21)5)23-12-16(2)11-17(3)13-23/h7-15,26-27H,6H2,1-5H3,(H,28,30)/b24-15-/t26-/m0/s1. The highest BCUT2D eigenvalue weighted by Crippen LogP contribution is 2.32. The van der Waals surface area contributed by atoms with Crippen molar-refractivity contribution >= 4 is 29.4 Å². The topological polar surface area (TPSA) is 46.1 Å². The molecule has 0 bridgehead atoms. The first-order valence-corrected chi connectivity index (χ1v) is 11.5. The van der Waals surface area contributed by atoms with E-state index in [1.165, 1.54) is 28.5 Å². The molecule has 1 aliphatic heterocycles. The predicted octanol–water partition coefficient (Wildman–Crippen LogP) is 5.87. The molecular weight excluding hydrogens is 402 g/mol. The van der Waals surface area contributed by atoms with Gasteiger partial charge in [-0.25, -0.2) is 0 Å². The number of nitrogens with zero attached hydrogens (tertiary/aromatic N) is 1. The Bertz CT molecular complexity index is 1140. The Morgan fingerprint density at radius 1 is 1.03 bits per heavy atom. The molecule has 5 heteroatoms. The van der Waals surface area contributed by atoms with Crippen LogP contribution in [-0.2, 0) is 11.2 Å². The van der Waals surface area contributed by atoms with Crippen LogP contribution in [0.15, 0.2) is 53.4 Å². The molecule has 4 rings (SSSR count). The maximum atomic E-state index is 12.6. The molecule has 3 aromatic rings. The molecule has 1 atom stereocenters. The van der Waals surface area contributed by atoms with E-state index >= 15 is 0 Å². The maximum Gasteiger partial charge on any atom is 0.260 e. The van der Waals surface area contributed by atoms with E-state index in [0.717, 1.165) is 39.7 Å². The zero-order valence-corrected chi connectivity index (χ0v) is 19.6. The summed E-state index contributed by atoms with van der Waals surface area (Å²) < 4.78 is 2.26. The Balaban J connectivity index is 1.56. The summed E-state index contributed by atoms with van der Waals surface area (Å²) in [4.78, 5) is 13.3. The van der Waals surface area contributed by atoms with Crippen LogP contribution in [0.3, 0.4) is 0 Å². The molecule has 2 N–H and O–H groups in total. The number of nitrogens with one attached hydrogen (secondary N) is 2. The largest absolute Gasteiger partial charge is 0.357 e. The van der Waals surface area contributed by atoms with Gasteiger partial charge in [0.15, 0.2) is 5.50 Å². The summed E-state index contributed by atoms with van der Waals surface area (Å²) in [5, 5.41) is 6.42. The Hall–Kier alpha value is -2.92. The van der Waals surface area contributed by atoms with Crippen LogP contribution in [0, 0.1) is 27.7 Å². The van der Waals surface area contributed by atoms with Gasteiger partial charge in [-0.3, -0.25) is 4.79 Å². The van der Waals surface area contributed by atoms with Gasteiger partial charge in [-0.2, -0.15) is 0 Å². The SMILES string of the molecule is CCc1ccc(N[C@H]2NC(=O)/C(=C/c3cc(C)n(-c4cc(C)cc(C)c4)c3C)S2)cc1. The Labute approximate surface area is 188 Å². The van der Waals surface area contributed by atoms with E-state index in [-0.39, 0.29) is 11.4 Å². The minimum Gasteiger partial charge on any atom is -0.357 e. The van der Waals surface area contributed by atoms with Crippen molar-refractivity contribution in [2.24, 2.45) is 0 Å². The molecule has 4 nitrogen and oxygen atoms in total. The van der Waals surface area contributed by atoms with Crippen LogP contribution in [0.1, 0.15) is 40.6 Å². The third-order valence-electron chi connectivity index (χ3n) is 5.61. The number of carbonyl (C=O) groups is 1. The highest BCUT2D eigenvalue weighted by molar-refractivity contribution is 8.05. The molecule has 0 radical (unpaired) electrons. The van der Waals surface area contributed by atoms with Crippen molar-refractivity contribution in [1.82, 2.24) is 9.88 Å². The van der Waals surface area contributed by atoms with Crippen molar-refractivity contribution in [3.05, 3.63) is 87.1 Å². The van der Waals surface area contributed by atoms with Crippen LogP contribution in [0.5, 0.6) is 0 Å². The second-order valence-electron chi connectivity index (χ2n) is 8.18. The van der Waals surface area contributed by atoms with E-state index < -0.39 is 0 Å². The predicted molar refractivity (Wildman–Crippen MR) is 132 cm³/mol. The van der Waals surface area contributed by atoms with Gasteiger partial charge in [0, 0.05) is 22.8 Å². The fourth-order valence-corrected chi connectivity index (χ4v) is 5.08. The molecule has 1 amide bonds. The molecule has 1 fully saturated rings. The zero-order valence-electron chi connectivity index (χ0n) is 18.7. The summed E-state index contributed by atoms with van der Waals surface area (Å²) in [7, 11) is 0. The van der Waals surface area contributed by atoms with E-state index in [1.807, 2.05) is 6.08 Å². The summed E-state index contributed by atoms with van der Waals surface area (Å²) >= 11 is 1.52. The number of carbonyl (C=O) groups excluding carboxylic acids is 1. The van der Waals surface area contributed by atoms with Crippen LogP contribution < -0.4 is 10.6 Å². The van der Waals surface area contributed by atoms with Crippen LogP contribution in [0.4, 0.5) is 5.69 Å². The van der Waals surface area contributed by atoms with E-state index in [4.69, 9.17) is 0 Å². The van der Waals surface area contributed by atoms with Gasteiger partial charge < -0.3 is 15.2 Å². The number of benzene rings is 2. The summed E-state index contributed by atoms with van der Waals surface area (Å²) in [5.74, 6) is -0.0381. The lowest BCUT2D eigenvalue weighted by molar-refractivity contribution is -0.116.